The average Bonchev–Trinajstić information content (AvgIpc) is 2.32. The lowest BCUT2D eigenvalue weighted by Crippen LogP contribution is -2.45. The van der Waals surface area contributed by atoms with Crippen LogP contribution in [0.3, 0.4) is 0 Å². The highest BCUT2D eigenvalue weighted by molar-refractivity contribution is 5.83. The molecule has 0 aliphatic rings. The van der Waals surface area contributed by atoms with Gasteiger partial charge in [-0.25, -0.2) is 9.59 Å². The number of urea groups is 1. The molecule has 0 radical (unpaired) electrons. The number of hydrogen-bond acceptors (Lipinski definition) is 3. The molecule has 0 spiro atoms. The molecule has 2 amide bonds. The van der Waals surface area contributed by atoms with E-state index in [1.165, 1.54) is 26.4 Å². The molecule has 0 aromatic rings. The molecule has 1 atom stereocenters. The highest BCUT2D eigenvalue weighted by Gasteiger charge is 2.14. The molecule has 0 aliphatic heterocycles. The van der Waals surface area contributed by atoms with Crippen LogP contribution in [0.1, 0.15) is 46.0 Å². The lowest BCUT2D eigenvalue weighted by Gasteiger charge is -2.12. The molecule has 5 heteroatoms. The summed E-state index contributed by atoms with van der Waals surface area (Å²) in [7, 11) is 1.30. The summed E-state index contributed by atoms with van der Waals surface area (Å²) < 4.78 is 4.50. The molecular weight excluding hydrogens is 220 g/mol. The Morgan fingerprint density at radius 2 is 1.82 bits per heavy atom. The van der Waals surface area contributed by atoms with Gasteiger partial charge in [-0.3, -0.25) is 0 Å². The summed E-state index contributed by atoms with van der Waals surface area (Å²) in [5, 5.41) is 5.22. The second-order valence-corrected chi connectivity index (χ2v) is 4.06. The summed E-state index contributed by atoms with van der Waals surface area (Å²) in [6, 6.07) is -0.932. The van der Waals surface area contributed by atoms with Crippen LogP contribution in [0.4, 0.5) is 4.79 Å². The zero-order valence-electron chi connectivity index (χ0n) is 11.0. The molecule has 100 valence electrons. The van der Waals surface area contributed by atoms with Gasteiger partial charge in [-0.05, 0) is 13.3 Å². The maximum absolute atomic E-state index is 11.3. The number of carbonyl (C=O) groups excluding carboxylic acids is 2. The molecule has 0 heterocycles. The van der Waals surface area contributed by atoms with Gasteiger partial charge < -0.3 is 15.4 Å². The number of ether oxygens (including phenoxy) is 1. The fourth-order valence-electron chi connectivity index (χ4n) is 1.41. The van der Waals surface area contributed by atoms with E-state index in [0.717, 1.165) is 12.8 Å². The Balaban J connectivity index is 3.49. The van der Waals surface area contributed by atoms with Gasteiger partial charge in [0.05, 0.1) is 7.11 Å². The quantitative estimate of drug-likeness (QED) is 0.505. The topological polar surface area (TPSA) is 67.4 Å². The third kappa shape index (κ3) is 8.54. The predicted octanol–water partition coefficient (Wildman–Crippen LogP) is 1.82. The van der Waals surface area contributed by atoms with Crippen molar-refractivity contribution in [2.75, 3.05) is 13.7 Å². The summed E-state index contributed by atoms with van der Waals surface area (Å²) in [6.07, 6.45) is 5.76. The molecule has 0 aliphatic carbocycles. The van der Waals surface area contributed by atoms with Crippen LogP contribution in [0, 0.1) is 0 Å². The first-order valence-corrected chi connectivity index (χ1v) is 6.24. The zero-order chi connectivity index (χ0) is 13.1. The van der Waals surface area contributed by atoms with Gasteiger partial charge in [0, 0.05) is 6.54 Å². The van der Waals surface area contributed by atoms with Crippen molar-refractivity contribution in [3.8, 4) is 0 Å². The maximum atomic E-state index is 11.3. The maximum Gasteiger partial charge on any atom is 0.328 e. The minimum absolute atomic E-state index is 0.321. The van der Waals surface area contributed by atoms with E-state index in [9.17, 15) is 9.59 Å². The molecule has 0 saturated heterocycles. The van der Waals surface area contributed by atoms with Gasteiger partial charge in [0.2, 0.25) is 0 Å². The normalized spacial score (nSPS) is 11.7. The van der Waals surface area contributed by atoms with E-state index >= 15 is 0 Å². The Hall–Kier alpha value is -1.26. The summed E-state index contributed by atoms with van der Waals surface area (Å²) in [5.41, 5.74) is 0. The van der Waals surface area contributed by atoms with Crippen molar-refractivity contribution >= 4 is 12.0 Å². The Kier molecular flexibility index (Phi) is 9.19. The van der Waals surface area contributed by atoms with Gasteiger partial charge in [0.1, 0.15) is 6.04 Å². The van der Waals surface area contributed by atoms with Gasteiger partial charge in [-0.2, -0.15) is 0 Å². The largest absolute Gasteiger partial charge is 0.467 e. The Morgan fingerprint density at radius 3 is 2.41 bits per heavy atom. The van der Waals surface area contributed by atoms with Gasteiger partial charge in [0.25, 0.3) is 0 Å². The smallest absolute Gasteiger partial charge is 0.328 e. The summed E-state index contributed by atoms with van der Waals surface area (Å²) in [6.45, 7) is 4.40. The minimum atomic E-state index is -0.611. The third-order valence-corrected chi connectivity index (χ3v) is 2.47. The summed E-state index contributed by atoms with van der Waals surface area (Å²) in [4.78, 5) is 22.4. The molecule has 1 unspecified atom stereocenters. The van der Waals surface area contributed by atoms with E-state index in [-0.39, 0.29) is 6.03 Å². The molecular formula is C12H24N2O3. The van der Waals surface area contributed by atoms with E-state index in [2.05, 4.69) is 22.3 Å². The van der Waals surface area contributed by atoms with Crippen LogP contribution in [0.25, 0.3) is 0 Å². The predicted molar refractivity (Wildman–Crippen MR) is 66.8 cm³/mol. The average molecular weight is 244 g/mol. The van der Waals surface area contributed by atoms with Crippen LogP contribution in [0.5, 0.6) is 0 Å². The molecule has 0 saturated carbocycles. The monoisotopic (exact) mass is 244 g/mol. The number of carbonyl (C=O) groups is 2. The highest BCUT2D eigenvalue weighted by Crippen LogP contribution is 2.00. The van der Waals surface area contributed by atoms with Crippen molar-refractivity contribution in [1.29, 1.82) is 0 Å². The van der Waals surface area contributed by atoms with Gasteiger partial charge in [-0.15, -0.1) is 0 Å². The van der Waals surface area contributed by atoms with Crippen molar-refractivity contribution < 1.29 is 14.3 Å². The molecule has 0 fully saturated rings. The van der Waals surface area contributed by atoms with E-state index in [0.29, 0.717) is 6.54 Å². The second-order valence-electron chi connectivity index (χ2n) is 4.06. The first kappa shape index (κ1) is 15.7. The molecule has 0 rings (SSSR count). The standard InChI is InChI=1S/C12H24N2O3/c1-4-5-6-7-8-9-13-12(16)14-10(2)11(15)17-3/h10H,4-9H2,1-3H3,(H2,13,14,16). The van der Waals surface area contributed by atoms with Crippen LogP contribution in [-0.4, -0.2) is 31.7 Å². The number of esters is 1. The highest BCUT2D eigenvalue weighted by atomic mass is 16.5. The molecule has 0 bridgehead atoms. The van der Waals surface area contributed by atoms with Crippen LogP contribution in [-0.2, 0) is 9.53 Å². The SMILES string of the molecule is CCCCCCCNC(=O)NC(C)C(=O)OC. The first-order chi connectivity index (χ1) is 8.11. The number of nitrogens with one attached hydrogen (secondary N) is 2. The third-order valence-electron chi connectivity index (χ3n) is 2.47. The Morgan fingerprint density at radius 1 is 1.18 bits per heavy atom. The van der Waals surface area contributed by atoms with Gasteiger partial charge in [0.15, 0.2) is 0 Å². The van der Waals surface area contributed by atoms with Crippen molar-refractivity contribution in [2.45, 2.75) is 52.0 Å². The minimum Gasteiger partial charge on any atom is -0.467 e. The van der Waals surface area contributed by atoms with Crippen molar-refractivity contribution in [3.63, 3.8) is 0 Å². The van der Waals surface area contributed by atoms with Gasteiger partial charge in [-0.1, -0.05) is 32.6 Å². The fourth-order valence-corrected chi connectivity index (χ4v) is 1.41. The molecule has 0 aromatic carbocycles. The van der Waals surface area contributed by atoms with Crippen LogP contribution < -0.4 is 10.6 Å². The number of hydrogen-bond donors (Lipinski definition) is 2. The zero-order valence-corrected chi connectivity index (χ0v) is 11.0. The van der Waals surface area contributed by atoms with Crippen LogP contribution >= 0.6 is 0 Å². The fraction of sp³-hybridized carbons (Fsp3) is 0.833. The lowest BCUT2D eigenvalue weighted by atomic mass is 10.1. The molecule has 0 aromatic heterocycles. The van der Waals surface area contributed by atoms with Crippen LogP contribution in [0.2, 0.25) is 0 Å². The lowest BCUT2D eigenvalue weighted by molar-refractivity contribution is -0.142. The Bertz CT molecular complexity index is 232. The van der Waals surface area contributed by atoms with Crippen molar-refractivity contribution in [2.24, 2.45) is 0 Å². The second kappa shape index (κ2) is 9.93. The summed E-state index contributed by atoms with van der Waals surface area (Å²) >= 11 is 0. The van der Waals surface area contributed by atoms with Crippen molar-refractivity contribution in [1.82, 2.24) is 10.6 Å². The number of amides is 2. The van der Waals surface area contributed by atoms with E-state index in [1.54, 1.807) is 6.92 Å². The van der Waals surface area contributed by atoms with E-state index < -0.39 is 12.0 Å². The van der Waals surface area contributed by atoms with Gasteiger partial charge >= 0.3 is 12.0 Å². The number of methoxy groups -OCH3 is 1. The Labute approximate surface area is 103 Å². The van der Waals surface area contributed by atoms with Crippen LogP contribution in [0.15, 0.2) is 0 Å². The number of unbranched alkanes of at least 4 members (excludes halogenated alkanes) is 4. The van der Waals surface area contributed by atoms with Crippen molar-refractivity contribution in [3.05, 3.63) is 0 Å². The van der Waals surface area contributed by atoms with E-state index in [1.807, 2.05) is 0 Å². The first-order valence-electron chi connectivity index (χ1n) is 6.24. The number of rotatable bonds is 8. The van der Waals surface area contributed by atoms with E-state index in [4.69, 9.17) is 0 Å². The molecule has 2 N–H and O–H groups in total. The molecule has 5 nitrogen and oxygen atoms in total. The summed E-state index contributed by atoms with van der Waals surface area (Å²) in [5.74, 6) is -0.442. The molecule has 17 heavy (non-hydrogen) atoms.